The summed E-state index contributed by atoms with van der Waals surface area (Å²) in [6, 6.07) is 11.7. The summed E-state index contributed by atoms with van der Waals surface area (Å²) in [4.78, 5) is 0. The van der Waals surface area contributed by atoms with Crippen LogP contribution in [-0.2, 0) is 12.8 Å². The van der Waals surface area contributed by atoms with Gasteiger partial charge in [0.15, 0.2) is 0 Å². The van der Waals surface area contributed by atoms with Crippen molar-refractivity contribution in [1.29, 1.82) is 5.41 Å². The molecule has 0 bridgehead atoms. The van der Waals surface area contributed by atoms with Crippen molar-refractivity contribution >= 4 is 38.9 Å². The van der Waals surface area contributed by atoms with E-state index in [2.05, 4.69) is 20.4 Å². The lowest BCUT2D eigenvalue weighted by atomic mass is 9.99. The average Bonchev–Trinajstić information content (AvgIpc) is 2.68. The Morgan fingerprint density at radius 2 is 1.18 bits per heavy atom. The number of fused-ring (bicyclic) bond motifs is 2. The molecule has 7 nitrogen and oxygen atoms in total. The number of aromatic nitrogens is 4. The van der Waals surface area contributed by atoms with E-state index in [-0.39, 0.29) is 0 Å². The summed E-state index contributed by atoms with van der Waals surface area (Å²) in [5, 5.41) is 26.7. The fraction of sp³-hybridized carbons (Fsp3) is 0.190. The van der Waals surface area contributed by atoms with Gasteiger partial charge in [-0.15, -0.1) is 0 Å². The molecule has 4 rings (SSSR count). The van der Waals surface area contributed by atoms with Gasteiger partial charge in [-0.25, -0.2) is 0 Å². The molecule has 28 heavy (non-hydrogen) atoms. The third-order valence-electron chi connectivity index (χ3n) is 4.93. The predicted octanol–water partition coefficient (Wildman–Crippen LogP) is 3.16. The first-order valence-electron chi connectivity index (χ1n) is 9.01. The fourth-order valence-electron chi connectivity index (χ4n) is 3.30. The van der Waals surface area contributed by atoms with Crippen LogP contribution in [0.3, 0.4) is 0 Å². The second kappa shape index (κ2) is 6.84. The van der Waals surface area contributed by atoms with Crippen LogP contribution in [0.1, 0.15) is 22.5 Å². The molecule has 0 amide bonds. The van der Waals surface area contributed by atoms with Crippen LogP contribution in [0.4, 0.5) is 11.4 Å². The largest absolute Gasteiger partial charge is 0.397 e. The molecule has 140 valence electrons. The number of benzene rings is 2. The Morgan fingerprint density at radius 1 is 0.750 bits per heavy atom. The molecule has 4 aromatic rings. The molecule has 0 saturated heterocycles. The van der Waals surface area contributed by atoms with Crippen molar-refractivity contribution in [1.82, 2.24) is 20.4 Å². The first-order chi connectivity index (χ1) is 13.4. The molecule has 0 saturated carbocycles. The number of aryl methyl sites for hydroxylation is 2. The quantitative estimate of drug-likeness (QED) is 0.473. The minimum absolute atomic E-state index is 0.540. The Labute approximate surface area is 162 Å². The number of anilines is 2. The fourth-order valence-corrected chi connectivity index (χ4v) is 3.30. The number of nitrogens with one attached hydrogen (secondary N) is 1. The Hall–Kier alpha value is -3.61. The highest BCUT2D eigenvalue weighted by Crippen LogP contribution is 2.24. The van der Waals surface area contributed by atoms with Gasteiger partial charge in [0.05, 0.1) is 33.8 Å². The number of nitrogens with two attached hydrogens (primary N) is 2. The van der Waals surface area contributed by atoms with E-state index in [0.717, 1.165) is 32.9 Å². The molecule has 0 aliphatic carbocycles. The summed E-state index contributed by atoms with van der Waals surface area (Å²) < 4.78 is 0. The van der Waals surface area contributed by atoms with Gasteiger partial charge in [0.25, 0.3) is 0 Å². The van der Waals surface area contributed by atoms with Crippen LogP contribution in [0.2, 0.25) is 0 Å². The maximum Gasteiger partial charge on any atom is 0.0950 e. The molecule has 0 aliphatic heterocycles. The van der Waals surface area contributed by atoms with Crippen molar-refractivity contribution in [3.05, 3.63) is 58.9 Å². The molecule has 0 spiro atoms. The molecule has 0 radical (unpaired) electrons. The normalized spacial score (nSPS) is 11.2. The number of hydrogen-bond acceptors (Lipinski definition) is 7. The zero-order chi connectivity index (χ0) is 19.8. The van der Waals surface area contributed by atoms with Crippen LogP contribution < -0.4 is 11.5 Å². The zero-order valence-corrected chi connectivity index (χ0v) is 15.8. The molecule has 7 heteroatoms. The summed E-state index contributed by atoms with van der Waals surface area (Å²) >= 11 is 0. The summed E-state index contributed by atoms with van der Waals surface area (Å²) in [7, 11) is 0. The SMILES string of the molecule is Cc1nnc2ccc(CC(=N)Cc3ccc4nnc(C)c(N)c4c3)cc2c1N. The average molecular weight is 371 g/mol. The first-order valence-corrected chi connectivity index (χ1v) is 9.01. The second-order valence-electron chi connectivity index (χ2n) is 7.06. The van der Waals surface area contributed by atoms with Crippen molar-refractivity contribution in [3.8, 4) is 0 Å². The molecular weight excluding hydrogens is 350 g/mol. The Balaban J connectivity index is 1.58. The van der Waals surface area contributed by atoms with Crippen molar-refractivity contribution < 1.29 is 0 Å². The van der Waals surface area contributed by atoms with Crippen LogP contribution in [0.5, 0.6) is 0 Å². The van der Waals surface area contributed by atoms with Gasteiger partial charge in [-0.2, -0.15) is 20.4 Å². The second-order valence-corrected chi connectivity index (χ2v) is 7.06. The van der Waals surface area contributed by atoms with Gasteiger partial charge in [0.2, 0.25) is 0 Å². The van der Waals surface area contributed by atoms with Crippen molar-refractivity contribution in [2.24, 2.45) is 0 Å². The molecule has 0 fully saturated rings. The van der Waals surface area contributed by atoms with Crippen molar-refractivity contribution in [3.63, 3.8) is 0 Å². The Morgan fingerprint density at radius 3 is 1.61 bits per heavy atom. The van der Waals surface area contributed by atoms with Gasteiger partial charge in [-0.1, -0.05) is 12.1 Å². The minimum Gasteiger partial charge on any atom is -0.397 e. The molecule has 2 aromatic heterocycles. The van der Waals surface area contributed by atoms with Crippen LogP contribution in [-0.4, -0.2) is 26.1 Å². The van der Waals surface area contributed by atoms with Crippen LogP contribution in [0, 0.1) is 19.3 Å². The molecular formula is C21H21N7. The van der Waals surface area contributed by atoms with E-state index in [4.69, 9.17) is 16.9 Å². The maximum atomic E-state index is 8.45. The van der Waals surface area contributed by atoms with Crippen molar-refractivity contribution in [2.75, 3.05) is 11.5 Å². The van der Waals surface area contributed by atoms with Gasteiger partial charge >= 0.3 is 0 Å². The van der Waals surface area contributed by atoms with E-state index in [0.29, 0.717) is 41.3 Å². The van der Waals surface area contributed by atoms with Gasteiger partial charge in [-0.3, -0.25) is 0 Å². The Bertz CT molecular complexity index is 1140. The lowest BCUT2D eigenvalue weighted by Crippen LogP contribution is -2.07. The van der Waals surface area contributed by atoms with Crippen LogP contribution >= 0.6 is 0 Å². The third kappa shape index (κ3) is 3.22. The molecule has 0 unspecified atom stereocenters. The van der Waals surface area contributed by atoms with E-state index >= 15 is 0 Å². The highest BCUT2D eigenvalue weighted by Gasteiger charge is 2.09. The zero-order valence-electron chi connectivity index (χ0n) is 15.8. The highest BCUT2D eigenvalue weighted by atomic mass is 15.1. The smallest absolute Gasteiger partial charge is 0.0950 e. The van der Waals surface area contributed by atoms with Gasteiger partial charge < -0.3 is 16.9 Å². The lowest BCUT2D eigenvalue weighted by molar-refractivity contribution is 1.02. The maximum absolute atomic E-state index is 8.45. The standard InChI is InChI=1S/C21H21N7/c1-11-20(23)16-9-13(3-5-18(16)27-25-11)7-15(22)8-14-4-6-19-17(10-14)21(24)12(2)26-28-19/h3-6,9-10,22H,7-8H2,1-2H3,(H2,23,27)(H2,24,28). The number of hydrogen-bond donors (Lipinski definition) is 3. The highest BCUT2D eigenvalue weighted by molar-refractivity contribution is 5.94. The van der Waals surface area contributed by atoms with E-state index in [1.54, 1.807) is 0 Å². The number of nitrogens with zero attached hydrogens (tertiary/aromatic N) is 4. The van der Waals surface area contributed by atoms with Crippen LogP contribution in [0.25, 0.3) is 21.8 Å². The lowest BCUT2D eigenvalue weighted by Gasteiger charge is -2.09. The third-order valence-corrected chi connectivity index (χ3v) is 4.93. The van der Waals surface area contributed by atoms with E-state index in [1.807, 2.05) is 50.2 Å². The Kier molecular flexibility index (Phi) is 4.35. The minimum atomic E-state index is 0.540. The topological polar surface area (TPSA) is 127 Å². The molecule has 2 aromatic carbocycles. The van der Waals surface area contributed by atoms with Gasteiger partial charge in [-0.05, 0) is 49.2 Å². The monoisotopic (exact) mass is 371 g/mol. The first kappa shape index (κ1) is 17.8. The molecule has 0 aliphatic rings. The summed E-state index contributed by atoms with van der Waals surface area (Å²) in [5.41, 5.74) is 19.2. The number of nitrogen functional groups attached to an aromatic ring is 2. The summed E-state index contributed by atoms with van der Waals surface area (Å²) in [6.45, 7) is 3.68. The molecule has 0 atom stereocenters. The van der Waals surface area contributed by atoms with E-state index < -0.39 is 0 Å². The number of rotatable bonds is 4. The predicted molar refractivity (Wildman–Crippen MR) is 113 cm³/mol. The summed E-state index contributed by atoms with van der Waals surface area (Å²) in [5.74, 6) is 0. The van der Waals surface area contributed by atoms with Crippen molar-refractivity contribution in [2.45, 2.75) is 26.7 Å². The molecule has 5 N–H and O–H groups in total. The van der Waals surface area contributed by atoms with Gasteiger partial charge in [0, 0.05) is 29.3 Å². The molecule has 2 heterocycles. The summed E-state index contributed by atoms with van der Waals surface area (Å²) in [6.07, 6.45) is 1.08. The van der Waals surface area contributed by atoms with Gasteiger partial charge in [0.1, 0.15) is 0 Å². The van der Waals surface area contributed by atoms with Crippen LogP contribution in [0.15, 0.2) is 36.4 Å². The van der Waals surface area contributed by atoms with E-state index in [1.165, 1.54) is 0 Å². The van der Waals surface area contributed by atoms with E-state index in [9.17, 15) is 0 Å².